The topological polar surface area (TPSA) is 101 Å². The third-order valence-electron chi connectivity index (χ3n) is 1.27. The number of nitrogens with two attached hydrogens (primary N) is 1. The van der Waals surface area contributed by atoms with Gasteiger partial charge >= 0.3 is 12.2 Å². The number of carbonyl (C=O) groups excluding carboxylic acids is 1. The van der Waals surface area contributed by atoms with Crippen LogP contribution in [0, 0.1) is 0 Å². The molecule has 9 heteroatoms. The molecule has 0 saturated carbocycles. The lowest BCUT2D eigenvalue weighted by Gasteiger charge is -2.06. The SMILES string of the molecule is NC(=O)Nc1nc(C(F)(F)F)cc(=O)[nH]1. The molecule has 1 aromatic heterocycles. The summed E-state index contributed by atoms with van der Waals surface area (Å²) in [7, 11) is 0. The molecule has 0 bridgehead atoms. The zero-order chi connectivity index (χ0) is 11.6. The van der Waals surface area contributed by atoms with Crippen molar-refractivity contribution in [1.29, 1.82) is 0 Å². The number of aromatic amines is 1. The number of carbonyl (C=O) groups is 1. The van der Waals surface area contributed by atoms with Crippen molar-refractivity contribution < 1.29 is 18.0 Å². The van der Waals surface area contributed by atoms with Gasteiger partial charge in [-0.3, -0.25) is 15.1 Å². The number of halogens is 3. The fraction of sp³-hybridized carbons (Fsp3) is 0.167. The predicted octanol–water partition coefficient (Wildman–Crippen LogP) is 0.279. The summed E-state index contributed by atoms with van der Waals surface area (Å²) in [6.07, 6.45) is -4.76. The Morgan fingerprint density at radius 3 is 2.60 bits per heavy atom. The molecule has 0 aliphatic rings. The van der Waals surface area contributed by atoms with Crippen molar-refractivity contribution in [3.8, 4) is 0 Å². The number of aromatic nitrogens is 2. The highest BCUT2D eigenvalue weighted by atomic mass is 19.4. The summed E-state index contributed by atoms with van der Waals surface area (Å²) in [5.41, 5.74) is 2.19. The highest BCUT2D eigenvalue weighted by molar-refractivity contribution is 5.85. The fourth-order valence-electron chi connectivity index (χ4n) is 0.779. The molecule has 2 amide bonds. The lowest BCUT2D eigenvalue weighted by Crippen LogP contribution is -2.25. The Morgan fingerprint density at radius 2 is 2.13 bits per heavy atom. The molecule has 0 unspecified atom stereocenters. The number of urea groups is 1. The van der Waals surface area contributed by atoms with Crippen LogP contribution in [0.15, 0.2) is 10.9 Å². The smallest absolute Gasteiger partial charge is 0.351 e. The van der Waals surface area contributed by atoms with E-state index in [1.165, 1.54) is 0 Å². The van der Waals surface area contributed by atoms with Gasteiger partial charge in [0.25, 0.3) is 5.56 Å². The van der Waals surface area contributed by atoms with E-state index < -0.39 is 29.4 Å². The quantitative estimate of drug-likeness (QED) is 0.635. The van der Waals surface area contributed by atoms with Gasteiger partial charge in [0.05, 0.1) is 0 Å². The van der Waals surface area contributed by atoms with E-state index in [-0.39, 0.29) is 6.07 Å². The van der Waals surface area contributed by atoms with Crippen molar-refractivity contribution in [2.45, 2.75) is 6.18 Å². The van der Waals surface area contributed by atoms with Crippen LogP contribution in [0.25, 0.3) is 0 Å². The number of hydrogen-bond acceptors (Lipinski definition) is 3. The van der Waals surface area contributed by atoms with Crippen LogP contribution in [0.3, 0.4) is 0 Å². The zero-order valence-corrected chi connectivity index (χ0v) is 7.05. The van der Waals surface area contributed by atoms with Crippen molar-refractivity contribution in [3.05, 3.63) is 22.1 Å². The number of H-pyrrole nitrogens is 1. The van der Waals surface area contributed by atoms with Gasteiger partial charge in [0.1, 0.15) is 0 Å². The third kappa shape index (κ3) is 2.97. The Hall–Kier alpha value is -2.06. The van der Waals surface area contributed by atoms with Gasteiger partial charge in [-0.15, -0.1) is 0 Å². The van der Waals surface area contributed by atoms with Crippen molar-refractivity contribution in [3.63, 3.8) is 0 Å². The van der Waals surface area contributed by atoms with E-state index in [4.69, 9.17) is 0 Å². The van der Waals surface area contributed by atoms with E-state index in [9.17, 15) is 22.8 Å². The molecule has 1 aromatic rings. The van der Waals surface area contributed by atoms with E-state index in [1.54, 1.807) is 5.32 Å². The van der Waals surface area contributed by atoms with Crippen molar-refractivity contribution in [2.24, 2.45) is 5.73 Å². The first-order valence-corrected chi connectivity index (χ1v) is 3.54. The Labute approximate surface area is 80.3 Å². The first kappa shape index (κ1) is 11.0. The number of hydrogen-bond donors (Lipinski definition) is 3. The standard InChI is InChI=1S/C6H5F3N4O2/c7-6(8,9)2-1-3(14)12-5(11-2)13-4(10)15/h1H,(H4,10,11,12,13,14,15). The van der Waals surface area contributed by atoms with Gasteiger partial charge in [0.2, 0.25) is 5.95 Å². The number of amides is 2. The van der Waals surface area contributed by atoms with E-state index in [1.807, 2.05) is 4.98 Å². The number of rotatable bonds is 1. The van der Waals surface area contributed by atoms with E-state index in [0.717, 1.165) is 0 Å². The molecule has 4 N–H and O–H groups in total. The molecule has 6 nitrogen and oxygen atoms in total. The largest absolute Gasteiger partial charge is 0.433 e. The van der Waals surface area contributed by atoms with Crippen LogP contribution in [0.1, 0.15) is 5.69 Å². The van der Waals surface area contributed by atoms with Crippen molar-refractivity contribution in [2.75, 3.05) is 5.32 Å². The average molecular weight is 222 g/mol. The summed E-state index contributed by atoms with van der Waals surface area (Å²) < 4.78 is 36.4. The maximum absolute atomic E-state index is 12.1. The Kier molecular flexibility index (Phi) is 2.64. The molecule has 15 heavy (non-hydrogen) atoms. The fourth-order valence-corrected chi connectivity index (χ4v) is 0.779. The second kappa shape index (κ2) is 3.59. The van der Waals surface area contributed by atoms with Crippen LogP contribution in [-0.2, 0) is 6.18 Å². The molecule has 0 saturated heterocycles. The highest BCUT2D eigenvalue weighted by Crippen LogP contribution is 2.26. The Morgan fingerprint density at radius 1 is 1.53 bits per heavy atom. The number of primary amides is 1. The molecule has 1 rings (SSSR count). The van der Waals surface area contributed by atoms with Crippen LogP contribution in [0.5, 0.6) is 0 Å². The Balaban J connectivity index is 3.17. The molecule has 0 fully saturated rings. The molecule has 82 valence electrons. The third-order valence-corrected chi connectivity index (χ3v) is 1.27. The van der Waals surface area contributed by atoms with Gasteiger partial charge in [-0.1, -0.05) is 0 Å². The molecule has 0 atom stereocenters. The molecule has 0 spiro atoms. The number of nitrogens with zero attached hydrogens (tertiary/aromatic N) is 1. The lowest BCUT2D eigenvalue weighted by molar-refractivity contribution is -0.141. The molecule has 0 radical (unpaired) electrons. The van der Waals surface area contributed by atoms with Crippen LogP contribution in [0.4, 0.5) is 23.9 Å². The maximum atomic E-state index is 12.1. The number of nitrogens with one attached hydrogen (secondary N) is 2. The Bertz CT molecular complexity index is 439. The molecular formula is C6H5F3N4O2. The first-order valence-electron chi connectivity index (χ1n) is 3.54. The van der Waals surface area contributed by atoms with Crippen LogP contribution < -0.4 is 16.6 Å². The summed E-state index contributed by atoms with van der Waals surface area (Å²) in [4.78, 5) is 25.9. The number of alkyl halides is 3. The van der Waals surface area contributed by atoms with Gasteiger partial charge < -0.3 is 5.73 Å². The predicted molar refractivity (Wildman–Crippen MR) is 43.1 cm³/mol. The maximum Gasteiger partial charge on any atom is 0.433 e. The van der Waals surface area contributed by atoms with Crippen molar-refractivity contribution >= 4 is 12.0 Å². The molecular weight excluding hydrogens is 217 g/mol. The first-order chi connectivity index (χ1) is 6.79. The summed E-state index contributed by atoms with van der Waals surface area (Å²) in [6, 6.07) is -0.857. The van der Waals surface area contributed by atoms with Crippen LogP contribution >= 0.6 is 0 Å². The van der Waals surface area contributed by atoms with Gasteiger partial charge in [-0.2, -0.15) is 13.2 Å². The number of anilines is 1. The second-order valence-electron chi connectivity index (χ2n) is 2.47. The van der Waals surface area contributed by atoms with Gasteiger partial charge in [-0.25, -0.2) is 9.78 Å². The normalized spacial score (nSPS) is 11.1. The average Bonchev–Trinajstić information content (AvgIpc) is 1.99. The molecule has 0 aliphatic heterocycles. The lowest BCUT2D eigenvalue weighted by atomic mass is 10.4. The van der Waals surface area contributed by atoms with E-state index in [0.29, 0.717) is 0 Å². The van der Waals surface area contributed by atoms with Gasteiger partial charge in [0.15, 0.2) is 5.69 Å². The summed E-state index contributed by atoms with van der Waals surface area (Å²) in [5, 5.41) is 1.73. The molecule has 0 aromatic carbocycles. The van der Waals surface area contributed by atoms with Gasteiger partial charge in [-0.05, 0) is 0 Å². The van der Waals surface area contributed by atoms with Gasteiger partial charge in [0, 0.05) is 6.07 Å². The zero-order valence-electron chi connectivity index (χ0n) is 7.05. The van der Waals surface area contributed by atoms with Crippen LogP contribution in [0.2, 0.25) is 0 Å². The molecule has 0 aliphatic carbocycles. The van der Waals surface area contributed by atoms with E-state index in [2.05, 4.69) is 10.7 Å². The second-order valence-corrected chi connectivity index (χ2v) is 2.47. The van der Waals surface area contributed by atoms with E-state index >= 15 is 0 Å². The van der Waals surface area contributed by atoms with Crippen molar-refractivity contribution in [1.82, 2.24) is 9.97 Å². The summed E-state index contributed by atoms with van der Waals surface area (Å²) >= 11 is 0. The minimum atomic E-state index is -4.76. The summed E-state index contributed by atoms with van der Waals surface area (Å²) in [6.45, 7) is 0. The summed E-state index contributed by atoms with van der Waals surface area (Å²) in [5.74, 6) is -0.651. The highest BCUT2D eigenvalue weighted by Gasteiger charge is 2.33. The minimum Gasteiger partial charge on any atom is -0.351 e. The molecule has 1 heterocycles. The monoisotopic (exact) mass is 222 g/mol. The van der Waals surface area contributed by atoms with Crippen LogP contribution in [-0.4, -0.2) is 16.0 Å². The minimum absolute atomic E-state index is 0.270.